The van der Waals surface area contributed by atoms with Crippen LogP contribution in [0.3, 0.4) is 0 Å². The average molecular weight is 526 g/mol. The van der Waals surface area contributed by atoms with Crippen molar-refractivity contribution < 1.29 is 4.79 Å². The second-order valence-corrected chi connectivity index (χ2v) is 10.9. The van der Waals surface area contributed by atoms with Crippen LogP contribution in [0.25, 0.3) is 27.5 Å². The van der Waals surface area contributed by atoms with Gasteiger partial charge in [0.15, 0.2) is 5.01 Å². The summed E-state index contributed by atoms with van der Waals surface area (Å²) >= 11 is 7.47. The number of amides is 1. The van der Waals surface area contributed by atoms with Gasteiger partial charge in [-0.05, 0) is 56.0 Å². The zero-order valence-electron chi connectivity index (χ0n) is 20.4. The average Bonchev–Trinajstić information content (AvgIpc) is 3.36. The minimum absolute atomic E-state index is 0.00948. The normalized spacial score (nSPS) is 16.5. The van der Waals surface area contributed by atoms with Gasteiger partial charge in [0.25, 0.3) is 0 Å². The molecule has 0 aliphatic heterocycles. The van der Waals surface area contributed by atoms with E-state index in [1.54, 1.807) is 0 Å². The van der Waals surface area contributed by atoms with Crippen LogP contribution in [0.15, 0.2) is 79.0 Å². The molecule has 2 heterocycles. The van der Waals surface area contributed by atoms with Gasteiger partial charge >= 0.3 is 0 Å². The van der Waals surface area contributed by atoms with Crippen LogP contribution in [-0.2, 0) is 4.79 Å². The number of carbonyl (C=O) groups is 1. The van der Waals surface area contributed by atoms with Gasteiger partial charge in [0, 0.05) is 22.7 Å². The Hall–Kier alpha value is -3.81. The minimum atomic E-state index is -0.0426. The first-order valence-electron chi connectivity index (χ1n) is 12.1. The summed E-state index contributed by atoms with van der Waals surface area (Å²) in [6, 6.07) is 24.0. The first kappa shape index (κ1) is 23.6. The summed E-state index contributed by atoms with van der Waals surface area (Å²) < 4.78 is 1.83. The fourth-order valence-corrected chi connectivity index (χ4v) is 5.61. The van der Waals surface area contributed by atoms with Crippen LogP contribution in [0.4, 0.5) is 5.13 Å². The van der Waals surface area contributed by atoms with Crippen LogP contribution < -0.4 is 5.32 Å². The van der Waals surface area contributed by atoms with Crippen molar-refractivity contribution in [1.29, 1.82) is 0 Å². The molecule has 6 rings (SSSR count). The van der Waals surface area contributed by atoms with E-state index in [1.807, 2.05) is 65.5 Å². The van der Waals surface area contributed by atoms with Crippen molar-refractivity contribution in [3.8, 4) is 27.5 Å². The summed E-state index contributed by atoms with van der Waals surface area (Å²) in [4.78, 5) is 13.0. The number of rotatable bonds is 6. The molecule has 0 spiro atoms. The second kappa shape index (κ2) is 9.57. The van der Waals surface area contributed by atoms with Gasteiger partial charge in [-0.1, -0.05) is 82.6 Å². The van der Waals surface area contributed by atoms with Gasteiger partial charge in [0.1, 0.15) is 5.69 Å². The molecule has 1 aliphatic carbocycles. The zero-order chi connectivity index (χ0) is 25.5. The van der Waals surface area contributed by atoms with E-state index in [4.69, 9.17) is 16.7 Å². The van der Waals surface area contributed by atoms with Gasteiger partial charge in [0.05, 0.1) is 11.3 Å². The first-order chi connectivity index (χ1) is 17.9. The van der Waals surface area contributed by atoms with Crippen LogP contribution in [-0.4, -0.2) is 25.9 Å². The molecule has 2 aromatic heterocycles. The van der Waals surface area contributed by atoms with E-state index in [2.05, 4.69) is 47.6 Å². The van der Waals surface area contributed by atoms with Crippen LogP contribution in [0, 0.1) is 19.8 Å². The smallest absolute Gasteiger partial charge is 0.229 e. The molecule has 3 aromatic carbocycles. The molecule has 8 heteroatoms. The van der Waals surface area contributed by atoms with Crippen LogP contribution >= 0.6 is 22.9 Å². The monoisotopic (exact) mass is 525 g/mol. The van der Waals surface area contributed by atoms with E-state index in [0.717, 1.165) is 28.9 Å². The zero-order valence-corrected chi connectivity index (χ0v) is 21.9. The molecule has 6 nitrogen and oxygen atoms in total. The highest BCUT2D eigenvalue weighted by molar-refractivity contribution is 7.18. The van der Waals surface area contributed by atoms with E-state index < -0.39 is 0 Å². The molecule has 37 heavy (non-hydrogen) atoms. The number of aromatic nitrogens is 4. The molecule has 0 bridgehead atoms. The molecule has 2 atom stereocenters. The summed E-state index contributed by atoms with van der Waals surface area (Å²) in [7, 11) is 0. The van der Waals surface area contributed by atoms with Gasteiger partial charge in [-0.3, -0.25) is 4.79 Å². The van der Waals surface area contributed by atoms with Crippen molar-refractivity contribution in [2.45, 2.75) is 26.2 Å². The Morgan fingerprint density at radius 2 is 1.73 bits per heavy atom. The van der Waals surface area contributed by atoms with E-state index >= 15 is 0 Å². The molecular weight excluding hydrogens is 502 g/mol. The van der Waals surface area contributed by atoms with E-state index in [-0.39, 0.29) is 17.7 Å². The van der Waals surface area contributed by atoms with Crippen molar-refractivity contribution in [3.05, 3.63) is 101 Å². The molecular formula is C29H24ClN5OS. The highest BCUT2D eigenvalue weighted by Crippen LogP contribution is 2.48. The van der Waals surface area contributed by atoms with Crippen molar-refractivity contribution in [2.75, 3.05) is 5.32 Å². The number of nitrogens with zero attached hydrogens (tertiary/aromatic N) is 4. The number of hydrogen-bond donors (Lipinski definition) is 1. The molecule has 0 radical (unpaired) electrons. The number of benzene rings is 3. The molecule has 5 aromatic rings. The molecule has 1 saturated carbocycles. The summed E-state index contributed by atoms with van der Waals surface area (Å²) in [6.07, 6.45) is 2.80. The number of para-hydroxylation sites is 1. The SMILES string of the molecule is Cc1cc(C)cc(C2CC2C(=O)Nc2nnc(-c3cn(-c4ccccc4)nc3-c3ccc(Cl)cc3)s2)c1. The maximum Gasteiger partial charge on any atom is 0.229 e. The third-order valence-electron chi connectivity index (χ3n) is 6.54. The first-order valence-corrected chi connectivity index (χ1v) is 13.3. The topological polar surface area (TPSA) is 72.7 Å². The van der Waals surface area contributed by atoms with E-state index in [9.17, 15) is 4.79 Å². The van der Waals surface area contributed by atoms with Crippen LogP contribution in [0.1, 0.15) is 29.0 Å². The lowest BCUT2D eigenvalue weighted by molar-refractivity contribution is -0.117. The molecule has 1 amide bonds. The largest absolute Gasteiger partial charge is 0.300 e. The van der Waals surface area contributed by atoms with Crippen molar-refractivity contribution >= 4 is 34.0 Å². The fourth-order valence-electron chi connectivity index (χ4n) is 4.72. The molecule has 184 valence electrons. The maximum absolute atomic E-state index is 13.0. The predicted octanol–water partition coefficient (Wildman–Crippen LogP) is 7.07. The number of hydrogen-bond acceptors (Lipinski definition) is 5. The Bertz CT molecular complexity index is 1570. The van der Waals surface area contributed by atoms with Gasteiger partial charge in [-0.2, -0.15) is 5.10 Å². The lowest BCUT2D eigenvalue weighted by Gasteiger charge is -2.04. The number of aryl methyl sites for hydroxylation is 2. The lowest BCUT2D eigenvalue weighted by Crippen LogP contribution is -2.14. The summed E-state index contributed by atoms with van der Waals surface area (Å²) in [5, 5.41) is 18.4. The van der Waals surface area contributed by atoms with Crippen molar-refractivity contribution in [3.63, 3.8) is 0 Å². The van der Waals surface area contributed by atoms with E-state index in [0.29, 0.717) is 15.2 Å². The molecule has 1 fully saturated rings. The molecule has 0 saturated heterocycles. The minimum Gasteiger partial charge on any atom is -0.300 e. The number of nitrogens with one attached hydrogen (secondary N) is 1. The third kappa shape index (κ3) is 4.92. The summed E-state index contributed by atoms with van der Waals surface area (Å²) in [6.45, 7) is 4.18. The highest BCUT2D eigenvalue weighted by Gasteiger charge is 2.44. The van der Waals surface area contributed by atoms with E-state index in [1.165, 1.54) is 28.0 Å². The maximum atomic E-state index is 13.0. The Kier molecular flexibility index (Phi) is 6.10. The number of carbonyl (C=O) groups excluding carboxylic acids is 1. The van der Waals surface area contributed by atoms with Crippen LogP contribution in [0.2, 0.25) is 5.02 Å². The van der Waals surface area contributed by atoms with Gasteiger partial charge in [-0.25, -0.2) is 4.68 Å². The van der Waals surface area contributed by atoms with Crippen LogP contribution in [0.5, 0.6) is 0 Å². The summed E-state index contributed by atoms with van der Waals surface area (Å²) in [5.74, 6) is 0.204. The lowest BCUT2D eigenvalue weighted by atomic mass is 10.0. The summed E-state index contributed by atoms with van der Waals surface area (Å²) in [5.41, 5.74) is 7.15. The van der Waals surface area contributed by atoms with Gasteiger partial charge in [0.2, 0.25) is 11.0 Å². The Labute approximate surface area is 224 Å². The standard InChI is InChI=1S/C29H24ClN5OS/c1-17-12-18(2)14-20(13-17)23-15-24(23)27(36)31-29-33-32-28(37-29)25-16-35(22-6-4-3-5-7-22)34-26(25)19-8-10-21(30)11-9-19/h3-14,16,23-24H,15H2,1-2H3,(H,31,33,36). The molecule has 1 aliphatic rings. The van der Waals surface area contributed by atoms with Gasteiger partial charge in [-0.15, -0.1) is 10.2 Å². The molecule has 2 unspecified atom stereocenters. The van der Waals surface area contributed by atoms with Gasteiger partial charge < -0.3 is 5.32 Å². The Balaban J connectivity index is 1.26. The second-order valence-electron chi connectivity index (χ2n) is 9.45. The quantitative estimate of drug-likeness (QED) is 0.257. The van der Waals surface area contributed by atoms with Crippen molar-refractivity contribution in [2.24, 2.45) is 5.92 Å². The molecule has 1 N–H and O–H groups in total. The number of halogens is 1. The Morgan fingerprint density at radius 1 is 1.00 bits per heavy atom. The van der Waals surface area contributed by atoms with Crippen molar-refractivity contribution in [1.82, 2.24) is 20.0 Å². The highest BCUT2D eigenvalue weighted by atomic mass is 35.5. The third-order valence-corrected chi connectivity index (χ3v) is 7.66. The fraction of sp³-hybridized carbons (Fsp3) is 0.172. The number of anilines is 1. The predicted molar refractivity (Wildman–Crippen MR) is 148 cm³/mol. The Morgan fingerprint density at radius 3 is 2.46 bits per heavy atom.